The third-order valence-corrected chi connectivity index (χ3v) is 6.48. The molecule has 10 nitrogen and oxygen atoms in total. The molecule has 1 amide bonds. The second kappa shape index (κ2) is 7.92. The number of morpholine rings is 1. The summed E-state index contributed by atoms with van der Waals surface area (Å²) in [5.41, 5.74) is 10.1. The summed E-state index contributed by atoms with van der Waals surface area (Å²) < 4.78 is 9.56. The summed E-state index contributed by atoms with van der Waals surface area (Å²) in [5, 5.41) is 14.3. The van der Waals surface area contributed by atoms with Gasteiger partial charge >= 0.3 is 0 Å². The van der Waals surface area contributed by atoms with Crippen LogP contribution in [0.2, 0.25) is 0 Å². The maximum atomic E-state index is 13.2. The van der Waals surface area contributed by atoms with Gasteiger partial charge in [0.2, 0.25) is 0 Å². The van der Waals surface area contributed by atoms with Crippen LogP contribution in [0.15, 0.2) is 36.8 Å². The molecule has 1 aliphatic heterocycles. The topological polar surface area (TPSA) is 127 Å². The molecule has 0 radical (unpaired) electrons. The molecule has 35 heavy (non-hydrogen) atoms. The molecule has 2 N–H and O–H groups in total. The zero-order valence-electron chi connectivity index (χ0n) is 20.3. The van der Waals surface area contributed by atoms with Crippen LogP contribution in [0.5, 0.6) is 0 Å². The average molecular weight is 471 g/mol. The Bertz CT molecular complexity index is 1520. The van der Waals surface area contributed by atoms with Crippen LogP contribution in [-0.4, -0.2) is 48.3 Å². The van der Waals surface area contributed by atoms with Gasteiger partial charge < -0.3 is 19.9 Å². The lowest BCUT2D eigenvalue weighted by Crippen LogP contribution is -2.56. The van der Waals surface area contributed by atoms with Crippen molar-refractivity contribution in [1.29, 1.82) is 5.26 Å². The van der Waals surface area contributed by atoms with E-state index in [-0.39, 0.29) is 12.0 Å². The van der Waals surface area contributed by atoms with Crippen molar-refractivity contribution in [2.24, 2.45) is 7.05 Å². The molecule has 3 aromatic heterocycles. The van der Waals surface area contributed by atoms with Crippen molar-refractivity contribution in [1.82, 2.24) is 24.1 Å². The SMILES string of the molecule is Cc1ncc(-c2cc(-c3ccc(C#N)c(N4CC(C)OC(C)(C)C4=O)c3)n3ncnc(N)c23)n1C. The molecule has 4 aromatic rings. The zero-order chi connectivity index (χ0) is 25.1. The third-order valence-electron chi connectivity index (χ3n) is 6.48. The molecular formula is C25H26N8O2. The Morgan fingerprint density at radius 2 is 2.00 bits per heavy atom. The number of nitriles is 1. The molecule has 1 atom stereocenters. The number of carbonyl (C=O) groups excluding carboxylic acids is 1. The van der Waals surface area contributed by atoms with Gasteiger partial charge in [0.1, 0.15) is 29.3 Å². The van der Waals surface area contributed by atoms with Crippen LogP contribution in [0.4, 0.5) is 11.5 Å². The normalized spacial score (nSPS) is 17.7. The number of hydrogen-bond donors (Lipinski definition) is 1. The molecule has 5 rings (SSSR count). The van der Waals surface area contributed by atoms with Crippen molar-refractivity contribution >= 4 is 22.9 Å². The minimum Gasteiger partial charge on any atom is -0.382 e. The lowest BCUT2D eigenvalue weighted by atomic mass is 10.0. The van der Waals surface area contributed by atoms with Crippen LogP contribution < -0.4 is 10.6 Å². The molecule has 10 heteroatoms. The van der Waals surface area contributed by atoms with Crippen molar-refractivity contribution in [3.63, 3.8) is 0 Å². The van der Waals surface area contributed by atoms with Crippen molar-refractivity contribution in [3.05, 3.63) is 48.2 Å². The van der Waals surface area contributed by atoms with Gasteiger partial charge in [-0.1, -0.05) is 6.07 Å². The van der Waals surface area contributed by atoms with E-state index in [0.29, 0.717) is 29.1 Å². The summed E-state index contributed by atoms with van der Waals surface area (Å²) in [4.78, 5) is 23.5. The maximum absolute atomic E-state index is 13.2. The highest BCUT2D eigenvalue weighted by Gasteiger charge is 2.41. The Morgan fingerprint density at radius 1 is 1.23 bits per heavy atom. The first kappa shape index (κ1) is 22.6. The number of amides is 1. The number of aromatic nitrogens is 5. The molecule has 1 unspecified atom stereocenters. The molecule has 4 heterocycles. The second-order valence-electron chi connectivity index (χ2n) is 9.30. The van der Waals surface area contributed by atoms with E-state index in [1.54, 1.807) is 35.5 Å². The number of imidazole rings is 1. The van der Waals surface area contributed by atoms with Crippen LogP contribution in [-0.2, 0) is 16.6 Å². The number of anilines is 2. The summed E-state index contributed by atoms with van der Waals surface area (Å²) >= 11 is 0. The molecule has 0 spiro atoms. The second-order valence-corrected chi connectivity index (χ2v) is 9.30. The lowest BCUT2D eigenvalue weighted by Gasteiger charge is -2.41. The quantitative estimate of drug-likeness (QED) is 0.487. The van der Waals surface area contributed by atoms with E-state index in [1.165, 1.54) is 6.33 Å². The van der Waals surface area contributed by atoms with E-state index in [0.717, 1.165) is 28.3 Å². The Labute approximate surface area is 202 Å². The molecule has 178 valence electrons. The number of nitrogen functional groups attached to an aromatic ring is 1. The first-order chi connectivity index (χ1) is 16.6. The number of benzene rings is 1. The Kier molecular flexibility index (Phi) is 5.11. The smallest absolute Gasteiger partial charge is 0.258 e. The van der Waals surface area contributed by atoms with Gasteiger partial charge in [-0.15, -0.1) is 0 Å². The number of carbonyl (C=O) groups is 1. The fraction of sp³-hybridized carbons (Fsp3) is 0.320. The Balaban J connectivity index is 1.72. The molecular weight excluding hydrogens is 444 g/mol. The van der Waals surface area contributed by atoms with Gasteiger partial charge in [0.25, 0.3) is 5.91 Å². The predicted octanol–water partition coefficient (Wildman–Crippen LogP) is 3.09. The first-order valence-corrected chi connectivity index (χ1v) is 11.3. The monoisotopic (exact) mass is 470 g/mol. The van der Waals surface area contributed by atoms with Crippen LogP contribution in [0, 0.1) is 18.3 Å². The molecule has 0 saturated carbocycles. The number of ether oxygens (including phenoxy) is 1. The number of nitrogens with zero attached hydrogens (tertiary/aromatic N) is 7. The van der Waals surface area contributed by atoms with Gasteiger partial charge in [-0.05, 0) is 45.9 Å². The summed E-state index contributed by atoms with van der Waals surface area (Å²) in [6.45, 7) is 7.69. The summed E-state index contributed by atoms with van der Waals surface area (Å²) in [6, 6.07) is 9.63. The maximum Gasteiger partial charge on any atom is 0.258 e. The van der Waals surface area contributed by atoms with Gasteiger partial charge in [0, 0.05) is 18.2 Å². The van der Waals surface area contributed by atoms with Gasteiger partial charge in [0.05, 0.1) is 41.5 Å². The van der Waals surface area contributed by atoms with Crippen LogP contribution in [0.25, 0.3) is 28.0 Å². The van der Waals surface area contributed by atoms with Gasteiger partial charge in [-0.25, -0.2) is 14.5 Å². The van der Waals surface area contributed by atoms with Crippen LogP contribution >= 0.6 is 0 Å². The first-order valence-electron chi connectivity index (χ1n) is 11.3. The summed E-state index contributed by atoms with van der Waals surface area (Å²) in [7, 11) is 1.94. The predicted molar refractivity (Wildman–Crippen MR) is 131 cm³/mol. The van der Waals surface area contributed by atoms with E-state index in [1.807, 2.05) is 43.7 Å². The zero-order valence-corrected chi connectivity index (χ0v) is 20.3. The number of fused-ring (bicyclic) bond motifs is 1. The average Bonchev–Trinajstić information content (AvgIpc) is 3.36. The van der Waals surface area contributed by atoms with E-state index in [4.69, 9.17) is 10.5 Å². The molecule has 0 aliphatic carbocycles. The fourth-order valence-corrected chi connectivity index (χ4v) is 4.69. The molecule has 1 fully saturated rings. The highest BCUT2D eigenvalue weighted by molar-refractivity contribution is 6.01. The third kappa shape index (κ3) is 3.52. The van der Waals surface area contributed by atoms with Crippen LogP contribution in [0.1, 0.15) is 32.2 Å². The number of nitrogens with two attached hydrogens (primary N) is 1. The molecule has 1 saturated heterocycles. The van der Waals surface area contributed by atoms with E-state index >= 15 is 0 Å². The molecule has 1 aromatic carbocycles. The number of hydrogen-bond acceptors (Lipinski definition) is 7. The van der Waals surface area contributed by atoms with Crippen molar-refractivity contribution in [2.75, 3.05) is 17.2 Å². The van der Waals surface area contributed by atoms with Gasteiger partial charge in [0.15, 0.2) is 5.82 Å². The molecule has 1 aliphatic rings. The number of rotatable bonds is 3. The van der Waals surface area contributed by atoms with E-state index < -0.39 is 5.60 Å². The molecule has 0 bridgehead atoms. The highest BCUT2D eigenvalue weighted by atomic mass is 16.5. The van der Waals surface area contributed by atoms with Gasteiger partial charge in [-0.3, -0.25) is 4.79 Å². The minimum atomic E-state index is -0.992. The van der Waals surface area contributed by atoms with Gasteiger partial charge in [-0.2, -0.15) is 10.4 Å². The summed E-state index contributed by atoms with van der Waals surface area (Å²) in [6.07, 6.45) is 3.02. The van der Waals surface area contributed by atoms with Crippen molar-refractivity contribution in [3.8, 4) is 28.6 Å². The van der Waals surface area contributed by atoms with Crippen molar-refractivity contribution < 1.29 is 9.53 Å². The summed E-state index contributed by atoms with van der Waals surface area (Å²) in [5.74, 6) is 1.01. The van der Waals surface area contributed by atoms with Crippen molar-refractivity contribution in [2.45, 2.75) is 39.4 Å². The lowest BCUT2D eigenvalue weighted by molar-refractivity contribution is -0.153. The standard InChI is InChI=1S/C25H26N8O2/c1-14-12-32(24(34)25(3,4)35-14)19-8-16(6-7-17(19)10-26)20-9-18(21-11-28-15(2)31(21)5)22-23(27)29-13-30-33(20)22/h6-9,11,13-14H,12H2,1-5H3,(H2,27,29,30). The van der Waals surface area contributed by atoms with E-state index in [2.05, 4.69) is 21.1 Å². The highest BCUT2D eigenvalue weighted by Crippen LogP contribution is 2.37. The minimum absolute atomic E-state index is 0.181. The fourth-order valence-electron chi connectivity index (χ4n) is 4.69. The van der Waals surface area contributed by atoms with E-state index in [9.17, 15) is 10.1 Å². The number of aryl methyl sites for hydroxylation is 1. The Morgan fingerprint density at radius 3 is 2.69 bits per heavy atom. The Hall–Kier alpha value is -4.23. The van der Waals surface area contributed by atoms with Crippen LogP contribution in [0.3, 0.4) is 0 Å². The largest absolute Gasteiger partial charge is 0.382 e.